The topological polar surface area (TPSA) is 78.8 Å². The van der Waals surface area contributed by atoms with Gasteiger partial charge in [-0.1, -0.05) is 19.1 Å². The van der Waals surface area contributed by atoms with E-state index in [0.717, 1.165) is 24.2 Å². The van der Waals surface area contributed by atoms with Crippen molar-refractivity contribution in [1.82, 2.24) is 19.1 Å². The maximum absolute atomic E-state index is 12.6. The zero-order chi connectivity index (χ0) is 24.5. The van der Waals surface area contributed by atoms with Crippen molar-refractivity contribution in [3.8, 4) is 11.8 Å². The number of anilines is 1. The van der Waals surface area contributed by atoms with Gasteiger partial charge in [0.25, 0.3) is 5.56 Å². The molecule has 11 heteroatoms. The summed E-state index contributed by atoms with van der Waals surface area (Å²) >= 11 is 0. The smallest absolute Gasteiger partial charge is 0.406 e. The quantitative estimate of drug-likeness (QED) is 0.547. The van der Waals surface area contributed by atoms with Crippen LogP contribution in [0, 0.1) is 11.3 Å². The fourth-order valence-corrected chi connectivity index (χ4v) is 4.36. The van der Waals surface area contributed by atoms with Crippen LogP contribution in [0.2, 0.25) is 0 Å². The second kappa shape index (κ2) is 9.38. The van der Waals surface area contributed by atoms with E-state index >= 15 is 0 Å². The maximum Gasteiger partial charge on any atom is 0.573 e. The molecule has 1 aromatic carbocycles. The molecule has 1 saturated heterocycles. The van der Waals surface area contributed by atoms with Gasteiger partial charge >= 0.3 is 6.36 Å². The van der Waals surface area contributed by atoms with Gasteiger partial charge in [-0.25, -0.2) is 14.2 Å². The number of hydrogen-bond donors (Lipinski definition) is 0. The van der Waals surface area contributed by atoms with Crippen LogP contribution in [-0.2, 0) is 20.0 Å². The number of aryl methyl sites for hydroxylation is 1. The summed E-state index contributed by atoms with van der Waals surface area (Å²) in [5.41, 5.74) is 2.71. The van der Waals surface area contributed by atoms with Crippen molar-refractivity contribution < 1.29 is 17.9 Å². The Morgan fingerprint density at radius 2 is 1.97 bits per heavy atom. The standard InChI is InChI=1S/C23H25F3N6O2/c1-3-18-15-30(13-16-4-6-19(7-5-16)34-23(24,25)26)10-11-31(18)20-12-21(33)29(2)32-14-17(8-9-27)28-22(20)32/h4-7,12,14,18H,3,8,10-11,13,15H2,1-2H3. The van der Waals surface area contributed by atoms with Crippen molar-refractivity contribution >= 4 is 11.3 Å². The molecule has 0 spiro atoms. The molecule has 0 bridgehead atoms. The van der Waals surface area contributed by atoms with Crippen molar-refractivity contribution in [2.75, 3.05) is 24.5 Å². The highest BCUT2D eigenvalue weighted by Gasteiger charge is 2.31. The molecule has 3 heterocycles. The first-order chi connectivity index (χ1) is 16.2. The predicted octanol–water partition coefficient (Wildman–Crippen LogP) is 3.10. The number of halogens is 3. The molecular weight excluding hydrogens is 449 g/mol. The van der Waals surface area contributed by atoms with Crippen molar-refractivity contribution in [2.24, 2.45) is 7.05 Å². The number of rotatable bonds is 6. The lowest BCUT2D eigenvalue weighted by Gasteiger charge is -2.42. The van der Waals surface area contributed by atoms with Crippen LogP contribution in [0.3, 0.4) is 0 Å². The Balaban J connectivity index is 1.52. The Morgan fingerprint density at radius 1 is 1.24 bits per heavy atom. The van der Waals surface area contributed by atoms with Gasteiger partial charge in [-0.05, 0) is 24.1 Å². The second-order valence-electron chi connectivity index (χ2n) is 8.31. The molecule has 1 unspecified atom stereocenters. The molecule has 0 N–H and O–H groups in total. The van der Waals surface area contributed by atoms with Crippen LogP contribution in [-0.4, -0.2) is 51.1 Å². The summed E-state index contributed by atoms with van der Waals surface area (Å²) in [6, 6.07) is 9.73. The van der Waals surface area contributed by atoms with Gasteiger partial charge in [-0.2, -0.15) is 5.26 Å². The number of benzene rings is 1. The van der Waals surface area contributed by atoms with E-state index in [4.69, 9.17) is 5.26 Å². The highest BCUT2D eigenvalue weighted by atomic mass is 19.4. The average Bonchev–Trinajstić information content (AvgIpc) is 3.21. The summed E-state index contributed by atoms with van der Waals surface area (Å²) in [4.78, 5) is 21.6. The number of nitrogens with zero attached hydrogens (tertiary/aromatic N) is 6. The molecule has 1 aliphatic heterocycles. The molecule has 1 atom stereocenters. The number of imidazole rings is 1. The first kappa shape index (κ1) is 23.6. The summed E-state index contributed by atoms with van der Waals surface area (Å²) in [5, 5.41) is 9.04. The summed E-state index contributed by atoms with van der Waals surface area (Å²) in [7, 11) is 1.66. The van der Waals surface area contributed by atoms with E-state index in [1.54, 1.807) is 36.0 Å². The first-order valence-electron chi connectivity index (χ1n) is 11.0. The first-order valence-corrected chi connectivity index (χ1v) is 11.0. The van der Waals surface area contributed by atoms with Crippen molar-refractivity contribution in [3.05, 3.63) is 58.1 Å². The normalized spacial score (nSPS) is 17.2. The Kier molecular flexibility index (Phi) is 6.52. The molecule has 8 nitrogen and oxygen atoms in total. The second-order valence-corrected chi connectivity index (χ2v) is 8.31. The molecule has 2 aromatic heterocycles. The largest absolute Gasteiger partial charge is 0.573 e. The van der Waals surface area contributed by atoms with Crippen LogP contribution in [0.1, 0.15) is 24.6 Å². The summed E-state index contributed by atoms with van der Waals surface area (Å²) < 4.78 is 44.2. The highest BCUT2D eigenvalue weighted by molar-refractivity contribution is 5.69. The average molecular weight is 474 g/mol. The zero-order valence-corrected chi connectivity index (χ0v) is 18.9. The Morgan fingerprint density at radius 3 is 2.62 bits per heavy atom. The molecule has 0 aliphatic carbocycles. The monoisotopic (exact) mass is 474 g/mol. The van der Waals surface area contributed by atoms with Crippen LogP contribution < -0.4 is 15.2 Å². The third kappa shape index (κ3) is 5.02. The lowest BCUT2D eigenvalue weighted by molar-refractivity contribution is -0.274. The van der Waals surface area contributed by atoms with Gasteiger partial charge < -0.3 is 9.64 Å². The number of piperazine rings is 1. The molecular formula is C23H25F3N6O2. The van der Waals surface area contributed by atoms with E-state index in [2.05, 4.69) is 32.5 Å². The van der Waals surface area contributed by atoms with Gasteiger partial charge in [0.2, 0.25) is 0 Å². The van der Waals surface area contributed by atoms with E-state index in [9.17, 15) is 18.0 Å². The molecule has 1 aliphatic rings. The van der Waals surface area contributed by atoms with E-state index in [1.807, 2.05) is 0 Å². The summed E-state index contributed by atoms with van der Waals surface area (Å²) in [6.45, 7) is 4.78. The van der Waals surface area contributed by atoms with Gasteiger partial charge in [0.1, 0.15) is 5.75 Å². The third-order valence-electron chi connectivity index (χ3n) is 6.04. The number of hydrogen-bond acceptors (Lipinski definition) is 6. The lowest BCUT2D eigenvalue weighted by Crippen LogP contribution is -2.53. The minimum Gasteiger partial charge on any atom is -0.406 e. The molecule has 1 fully saturated rings. The van der Waals surface area contributed by atoms with Gasteiger partial charge in [-0.3, -0.25) is 9.69 Å². The molecule has 0 radical (unpaired) electrons. The Labute approximate surface area is 194 Å². The molecule has 180 valence electrons. The van der Waals surface area contributed by atoms with Crippen LogP contribution in [0.25, 0.3) is 5.65 Å². The fraction of sp³-hybridized carbons (Fsp3) is 0.435. The summed E-state index contributed by atoms with van der Waals surface area (Å²) in [6.07, 6.45) is -2.00. The summed E-state index contributed by atoms with van der Waals surface area (Å²) in [5.74, 6) is -0.238. The van der Waals surface area contributed by atoms with Crippen LogP contribution in [0.5, 0.6) is 5.75 Å². The SMILES string of the molecule is CCC1CN(Cc2ccc(OC(F)(F)F)cc2)CCN1c1cc(=O)n(C)n2cc(CC#N)nc12. The molecule has 3 aromatic rings. The number of aromatic nitrogens is 3. The van der Waals surface area contributed by atoms with Crippen molar-refractivity contribution in [3.63, 3.8) is 0 Å². The molecule has 0 amide bonds. The van der Waals surface area contributed by atoms with Crippen LogP contribution in [0.15, 0.2) is 41.3 Å². The third-order valence-corrected chi connectivity index (χ3v) is 6.04. The molecule has 34 heavy (non-hydrogen) atoms. The Hall–Kier alpha value is -3.52. The van der Waals surface area contributed by atoms with Gasteiger partial charge in [0, 0.05) is 45.3 Å². The van der Waals surface area contributed by atoms with Crippen molar-refractivity contribution in [2.45, 2.75) is 38.7 Å². The number of alkyl halides is 3. The lowest BCUT2D eigenvalue weighted by atomic mass is 10.1. The van der Waals surface area contributed by atoms with E-state index < -0.39 is 6.36 Å². The van der Waals surface area contributed by atoms with E-state index in [-0.39, 0.29) is 23.8 Å². The maximum atomic E-state index is 12.6. The van der Waals surface area contributed by atoms with E-state index in [0.29, 0.717) is 31.0 Å². The van der Waals surface area contributed by atoms with Crippen molar-refractivity contribution in [1.29, 1.82) is 5.26 Å². The number of ether oxygens (including phenoxy) is 1. The molecule has 0 saturated carbocycles. The Bertz CT molecular complexity index is 1260. The van der Waals surface area contributed by atoms with Gasteiger partial charge in [0.05, 0.1) is 30.1 Å². The van der Waals surface area contributed by atoms with Gasteiger partial charge in [-0.15, -0.1) is 13.2 Å². The highest BCUT2D eigenvalue weighted by Crippen LogP contribution is 2.27. The number of nitriles is 1. The number of fused-ring (bicyclic) bond motifs is 1. The fourth-order valence-electron chi connectivity index (χ4n) is 4.36. The van der Waals surface area contributed by atoms with Gasteiger partial charge in [0.15, 0.2) is 5.65 Å². The van der Waals surface area contributed by atoms with E-state index in [1.165, 1.54) is 16.8 Å². The predicted molar refractivity (Wildman–Crippen MR) is 120 cm³/mol. The minimum absolute atomic E-state index is 0.119. The van der Waals surface area contributed by atoms with Crippen LogP contribution in [0.4, 0.5) is 18.9 Å². The van der Waals surface area contributed by atoms with Crippen LogP contribution >= 0.6 is 0 Å². The minimum atomic E-state index is -4.71. The zero-order valence-electron chi connectivity index (χ0n) is 18.9. The molecule has 4 rings (SSSR count).